The van der Waals surface area contributed by atoms with Gasteiger partial charge in [-0.05, 0) is 30.7 Å². The molecule has 0 bridgehead atoms. The zero-order valence-corrected chi connectivity index (χ0v) is 12.6. The average Bonchev–Trinajstić information content (AvgIpc) is 2.50. The van der Waals surface area contributed by atoms with Crippen LogP contribution in [-0.2, 0) is 7.05 Å². The Kier molecular flexibility index (Phi) is 3.56. The molecule has 0 unspecified atom stereocenters. The fourth-order valence-corrected chi connectivity index (χ4v) is 2.29. The summed E-state index contributed by atoms with van der Waals surface area (Å²) >= 11 is 5.79. The molecule has 0 aliphatic heterocycles. The van der Waals surface area contributed by atoms with Crippen LogP contribution >= 0.6 is 11.6 Å². The smallest absolute Gasteiger partial charge is 0.279 e. The number of nitrogens with zero attached hydrogens (tertiary/aromatic N) is 4. The van der Waals surface area contributed by atoms with Crippen molar-refractivity contribution in [1.82, 2.24) is 19.5 Å². The fraction of sp³-hybridized carbons (Fsp3) is 0.143. The highest BCUT2D eigenvalue weighted by Crippen LogP contribution is 2.27. The third-order valence-corrected chi connectivity index (χ3v) is 3.55. The Morgan fingerprint density at radius 3 is 2.26 bits per heavy atom. The van der Waals surface area contributed by atoms with E-state index >= 15 is 0 Å². The minimum absolute atomic E-state index is 0.0282. The largest absolute Gasteiger partial charge is 0.298 e. The van der Waals surface area contributed by atoms with Crippen LogP contribution in [0.4, 0.5) is 13.2 Å². The molecule has 0 fully saturated rings. The number of halogens is 4. The summed E-state index contributed by atoms with van der Waals surface area (Å²) in [7, 11) is 1.50. The zero-order chi connectivity index (χ0) is 16.9. The highest BCUT2D eigenvalue weighted by Gasteiger charge is 2.18. The summed E-state index contributed by atoms with van der Waals surface area (Å²) in [5.41, 5.74) is -0.714. The first-order valence-electron chi connectivity index (χ1n) is 6.35. The monoisotopic (exact) mass is 340 g/mol. The summed E-state index contributed by atoms with van der Waals surface area (Å²) in [5, 5.41) is -0.291. The maximum Gasteiger partial charge on any atom is 0.279 e. The van der Waals surface area contributed by atoms with Crippen molar-refractivity contribution in [2.45, 2.75) is 6.92 Å². The number of rotatable bonds is 1. The van der Waals surface area contributed by atoms with Crippen LogP contribution in [0.15, 0.2) is 16.9 Å². The molecule has 0 saturated carbocycles. The van der Waals surface area contributed by atoms with Crippen molar-refractivity contribution < 1.29 is 13.2 Å². The molecule has 0 aliphatic carbocycles. The molecule has 1 aromatic carbocycles. The van der Waals surface area contributed by atoms with Crippen LogP contribution < -0.4 is 5.56 Å². The molecule has 118 valence electrons. The molecule has 3 rings (SSSR count). The molecule has 9 heteroatoms. The quantitative estimate of drug-likeness (QED) is 0.505. The van der Waals surface area contributed by atoms with Gasteiger partial charge in [0.1, 0.15) is 17.0 Å². The van der Waals surface area contributed by atoms with E-state index in [0.717, 1.165) is 12.1 Å². The van der Waals surface area contributed by atoms with E-state index in [2.05, 4.69) is 15.0 Å². The molecular formula is C14H8ClF3N4O. The van der Waals surface area contributed by atoms with Crippen LogP contribution in [0.5, 0.6) is 0 Å². The van der Waals surface area contributed by atoms with Crippen molar-refractivity contribution in [3.63, 3.8) is 0 Å². The summed E-state index contributed by atoms with van der Waals surface area (Å²) in [5.74, 6) is -4.03. The lowest BCUT2D eigenvalue weighted by Crippen LogP contribution is -2.22. The third kappa shape index (κ3) is 2.44. The first-order chi connectivity index (χ1) is 10.8. The van der Waals surface area contributed by atoms with Gasteiger partial charge in [-0.2, -0.15) is 0 Å². The van der Waals surface area contributed by atoms with Crippen molar-refractivity contribution in [2.75, 3.05) is 0 Å². The van der Waals surface area contributed by atoms with Crippen LogP contribution in [-0.4, -0.2) is 19.5 Å². The van der Waals surface area contributed by atoms with Gasteiger partial charge in [0.15, 0.2) is 23.0 Å². The highest BCUT2D eigenvalue weighted by molar-refractivity contribution is 6.28. The molecule has 3 aromatic rings. The number of hydrogen-bond donors (Lipinski definition) is 0. The Morgan fingerprint density at radius 1 is 1.04 bits per heavy atom. The number of hydrogen-bond acceptors (Lipinski definition) is 4. The lowest BCUT2D eigenvalue weighted by Gasteiger charge is -2.09. The molecule has 2 aromatic heterocycles. The van der Waals surface area contributed by atoms with Crippen molar-refractivity contribution in [2.24, 2.45) is 7.05 Å². The maximum atomic E-state index is 13.5. The molecule has 2 heterocycles. The second-order valence-corrected chi connectivity index (χ2v) is 5.15. The van der Waals surface area contributed by atoms with Crippen LogP contribution in [0.2, 0.25) is 5.28 Å². The summed E-state index contributed by atoms with van der Waals surface area (Å²) < 4.78 is 41.3. The van der Waals surface area contributed by atoms with Gasteiger partial charge in [-0.3, -0.25) is 9.36 Å². The van der Waals surface area contributed by atoms with E-state index in [1.807, 2.05) is 0 Å². The molecule has 0 amide bonds. The average molecular weight is 341 g/mol. The van der Waals surface area contributed by atoms with Gasteiger partial charge in [-0.25, -0.2) is 28.1 Å². The topological polar surface area (TPSA) is 60.7 Å². The molecule has 23 heavy (non-hydrogen) atoms. The van der Waals surface area contributed by atoms with E-state index < -0.39 is 23.0 Å². The van der Waals surface area contributed by atoms with Gasteiger partial charge < -0.3 is 0 Å². The Morgan fingerprint density at radius 2 is 1.65 bits per heavy atom. The van der Waals surface area contributed by atoms with Crippen molar-refractivity contribution >= 4 is 22.6 Å². The number of benzene rings is 1. The Hall–Kier alpha value is -2.48. The first kappa shape index (κ1) is 15.4. The molecule has 0 saturated heterocycles. The predicted octanol–water partition coefficient (Wildman–Crippen LogP) is 2.77. The van der Waals surface area contributed by atoms with Gasteiger partial charge in [0.25, 0.3) is 5.56 Å². The summed E-state index contributed by atoms with van der Waals surface area (Å²) in [4.78, 5) is 24.1. The van der Waals surface area contributed by atoms with Crippen molar-refractivity contribution in [3.8, 4) is 11.3 Å². The fourth-order valence-electron chi connectivity index (χ4n) is 2.12. The van der Waals surface area contributed by atoms with Gasteiger partial charge in [0, 0.05) is 12.6 Å². The van der Waals surface area contributed by atoms with E-state index in [1.165, 1.54) is 11.6 Å². The molecule has 0 spiro atoms. The highest BCUT2D eigenvalue weighted by atomic mass is 35.5. The standard InChI is InChI=1S/C14H8ClF3N4O/c1-5-19-11-10(6-3-7(16)9(18)8(17)4-6)20-14(15)21-12(11)13(23)22(5)2/h3-4H,1-2H3. The number of aryl methyl sites for hydroxylation is 1. The molecule has 0 atom stereocenters. The lowest BCUT2D eigenvalue weighted by atomic mass is 10.1. The van der Waals surface area contributed by atoms with E-state index in [-0.39, 0.29) is 27.6 Å². The SMILES string of the molecule is Cc1nc2c(-c3cc(F)c(F)c(F)c3)nc(Cl)nc2c(=O)n1C. The summed E-state index contributed by atoms with van der Waals surface area (Å²) in [6, 6.07) is 1.51. The third-order valence-electron chi connectivity index (χ3n) is 3.38. The minimum Gasteiger partial charge on any atom is -0.298 e. The Labute approximate surface area is 132 Å². The van der Waals surface area contributed by atoms with Gasteiger partial charge in [0.05, 0.1) is 0 Å². The van der Waals surface area contributed by atoms with E-state index in [4.69, 9.17) is 11.6 Å². The van der Waals surface area contributed by atoms with Crippen LogP contribution in [0, 0.1) is 24.4 Å². The van der Waals surface area contributed by atoms with Gasteiger partial charge >= 0.3 is 0 Å². The van der Waals surface area contributed by atoms with Gasteiger partial charge in [0.2, 0.25) is 5.28 Å². The normalized spacial score (nSPS) is 11.2. The number of aromatic nitrogens is 4. The van der Waals surface area contributed by atoms with Gasteiger partial charge in [-0.1, -0.05) is 0 Å². The summed E-state index contributed by atoms with van der Waals surface area (Å²) in [6.07, 6.45) is 0. The second-order valence-electron chi connectivity index (χ2n) is 4.82. The van der Waals surface area contributed by atoms with E-state index in [9.17, 15) is 18.0 Å². The second kappa shape index (κ2) is 5.31. The van der Waals surface area contributed by atoms with Gasteiger partial charge in [-0.15, -0.1) is 0 Å². The molecule has 0 N–H and O–H groups in total. The van der Waals surface area contributed by atoms with E-state index in [1.54, 1.807) is 6.92 Å². The minimum atomic E-state index is -1.60. The summed E-state index contributed by atoms with van der Waals surface area (Å²) in [6.45, 7) is 1.57. The predicted molar refractivity (Wildman–Crippen MR) is 77.6 cm³/mol. The zero-order valence-electron chi connectivity index (χ0n) is 11.9. The molecule has 0 aliphatic rings. The Balaban J connectivity index is 2.45. The van der Waals surface area contributed by atoms with Crippen LogP contribution in [0.3, 0.4) is 0 Å². The molecule has 0 radical (unpaired) electrons. The maximum absolute atomic E-state index is 13.5. The van der Waals surface area contributed by atoms with Crippen LogP contribution in [0.1, 0.15) is 5.82 Å². The van der Waals surface area contributed by atoms with Crippen molar-refractivity contribution in [3.05, 3.63) is 51.0 Å². The number of fused-ring (bicyclic) bond motifs is 1. The first-order valence-corrected chi connectivity index (χ1v) is 6.73. The lowest BCUT2D eigenvalue weighted by molar-refractivity contribution is 0.447. The molecule has 5 nitrogen and oxygen atoms in total. The van der Waals surface area contributed by atoms with E-state index in [0.29, 0.717) is 5.82 Å². The van der Waals surface area contributed by atoms with Crippen molar-refractivity contribution in [1.29, 1.82) is 0 Å². The van der Waals surface area contributed by atoms with Crippen LogP contribution in [0.25, 0.3) is 22.3 Å². The Bertz CT molecular complexity index is 996. The molecular weight excluding hydrogens is 333 g/mol.